The fourth-order valence-corrected chi connectivity index (χ4v) is 1.95. The monoisotopic (exact) mass is 232 g/mol. The molecule has 1 aromatic heterocycles. The molecule has 17 heavy (non-hydrogen) atoms. The lowest BCUT2D eigenvalue weighted by atomic mass is 10.2. The quantitative estimate of drug-likeness (QED) is 0.602. The summed E-state index contributed by atoms with van der Waals surface area (Å²) in [6.45, 7) is 5.44. The molecule has 4 heteroatoms. The van der Waals surface area contributed by atoms with Crippen LogP contribution in [0.15, 0.2) is 18.3 Å². The zero-order valence-corrected chi connectivity index (χ0v) is 10.5. The summed E-state index contributed by atoms with van der Waals surface area (Å²) in [7, 11) is 0. The van der Waals surface area contributed by atoms with Gasteiger partial charge in [0.1, 0.15) is 11.7 Å². The number of pyridine rings is 1. The second-order valence-corrected chi connectivity index (χ2v) is 5.09. The molecule has 0 atom stereocenters. The van der Waals surface area contributed by atoms with Crippen LogP contribution >= 0.6 is 0 Å². The van der Waals surface area contributed by atoms with E-state index < -0.39 is 0 Å². The number of hydrogen-bond donors (Lipinski definition) is 2. The van der Waals surface area contributed by atoms with Gasteiger partial charge in [0, 0.05) is 24.3 Å². The Bertz CT molecular complexity index is 410. The first-order chi connectivity index (χ1) is 8.08. The molecule has 1 fully saturated rings. The van der Waals surface area contributed by atoms with E-state index in [0.29, 0.717) is 12.0 Å². The van der Waals surface area contributed by atoms with Gasteiger partial charge >= 0.3 is 0 Å². The number of hydrogen-bond acceptors (Lipinski definition) is 3. The van der Waals surface area contributed by atoms with E-state index in [-0.39, 0.29) is 5.84 Å². The molecule has 1 saturated carbocycles. The summed E-state index contributed by atoms with van der Waals surface area (Å²) in [5.74, 6) is 1.67. The molecular weight excluding hydrogens is 212 g/mol. The average molecular weight is 232 g/mol. The summed E-state index contributed by atoms with van der Waals surface area (Å²) in [5.41, 5.74) is 6.27. The van der Waals surface area contributed by atoms with E-state index in [4.69, 9.17) is 11.1 Å². The molecule has 0 radical (unpaired) electrons. The molecule has 3 N–H and O–H groups in total. The van der Waals surface area contributed by atoms with E-state index in [0.717, 1.165) is 17.9 Å². The third-order valence-electron chi connectivity index (χ3n) is 2.90. The Morgan fingerprint density at radius 2 is 2.29 bits per heavy atom. The van der Waals surface area contributed by atoms with Gasteiger partial charge in [0.25, 0.3) is 0 Å². The first kappa shape index (κ1) is 11.9. The lowest BCUT2D eigenvalue weighted by Gasteiger charge is -2.25. The Morgan fingerprint density at radius 1 is 1.59 bits per heavy atom. The van der Waals surface area contributed by atoms with Crippen LogP contribution in [0.4, 0.5) is 5.82 Å². The number of rotatable bonds is 5. The van der Waals surface area contributed by atoms with Crippen molar-refractivity contribution in [3.63, 3.8) is 0 Å². The number of anilines is 1. The van der Waals surface area contributed by atoms with Crippen LogP contribution in [0.1, 0.15) is 32.3 Å². The number of nitrogens with one attached hydrogen (secondary N) is 1. The fraction of sp³-hybridized carbons (Fsp3) is 0.538. The van der Waals surface area contributed by atoms with Crippen molar-refractivity contribution in [2.45, 2.75) is 32.7 Å². The molecule has 2 rings (SSSR count). The summed E-state index contributed by atoms with van der Waals surface area (Å²) in [5, 5.41) is 7.47. The molecule has 92 valence electrons. The third-order valence-corrected chi connectivity index (χ3v) is 2.90. The molecule has 0 amide bonds. The zero-order chi connectivity index (χ0) is 12.4. The van der Waals surface area contributed by atoms with Crippen LogP contribution in [0, 0.1) is 11.3 Å². The minimum atomic E-state index is 0.106. The van der Waals surface area contributed by atoms with Gasteiger partial charge < -0.3 is 10.6 Å². The normalized spacial score (nSPS) is 15.0. The molecule has 0 unspecified atom stereocenters. The molecule has 1 heterocycles. The largest absolute Gasteiger partial charge is 0.384 e. The Balaban J connectivity index is 2.22. The second kappa shape index (κ2) is 4.73. The summed E-state index contributed by atoms with van der Waals surface area (Å²) >= 11 is 0. The summed E-state index contributed by atoms with van der Waals surface area (Å²) in [6.07, 6.45) is 4.24. The summed E-state index contributed by atoms with van der Waals surface area (Å²) in [4.78, 5) is 6.75. The van der Waals surface area contributed by atoms with E-state index in [1.165, 1.54) is 12.8 Å². The molecular formula is C13H20N4. The van der Waals surface area contributed by atoms with Crippen LogP contribution in [0.5, 0.6) is 0 Å². The SMILES string of the molecule is CC(C)CN(c1cc(C(=N)N)ccn1)C1CC1. The molecule has 0 spiro atoms. The third kappa shape index (κ3) is 2.96. The van der Waals surface area contributed by atoms with Gasteiger partial charge in [-0.1, -0.05) is 13.8 Å². The lowest BCUT2D eigenvalue weighted by molar-refractivity contribution is 0.603. The Kier molecular flexibility index (Phi) is 3.31. The van der Waals surface area contributed by atoms with Crippen molar-refractivity contribution in [2.24, 2.45) is 11.7 Å². The van der Waals surface area contributed by atoms with E-state index >= 15 is 0 Å². The van der Waals surface area contributed by atoms with Gasteiger partial charge in [-0.15, -0.1) is 0 Å². The Morgan fingerprint density at radius 3 is 2.82 bits per heavy atom. The van der Waals surface area contributed by atoms with Crippen molar-refractivity contribution >= 4 is 11.7 Å². The Labute approximate surface area is 102 Å². The highest BCUT2D eigenvalue weighted by Gasteiger charge is 2.30. The maximum Gasteiger partial charge on any atom is 0.129 e. The molecule has 0 bridgehead atoms. The van der Waals surface area contributed by atoms with Crippen LogP contribution in [-0.2, 0) is 0 Å². The van der Waals surface area contributed by atoms with Gasteiger partial charge in [-0.05, 0) is 30.9 Å². The first-order valence-corrected chi connectivity index (χ1v) is 6.15. The van der Waals surface area contributed by atoms with Crippen molar-refractivity contribution < 1.29 is 0 Å². The number of amidine groups is 1. The fourth-order valence-electron chi connectivity index (χ4n) is 1.95. The van der Waals surface area contributed by atoms with E-state index in [1.54, 1.807) is 12.3 Å². The van der Waals surface area contributed by atoms with Gasteiger partial charge in [-0.3, -0.25) is 5.41 Å². The van der Waals surface area contributed by atoms with Gasteiger partial charge in [-0.25, -0.2) is 4.98 Å². The number of nitrogen functional groups attached to an aromatic ring is 1. The summed E-state index contributed by atoms with van der Waals surface area (Å²) < 4.78 is 0. The van der Waals surface area contributed by atoms with E-state index in [9.17, 15) is 0 Å². The predicted octanol–water partition coefficient (Wildman–Crippen LogP) is 1.99. The predicted molar refractivity (Wildman–Crippen MR) is 70.5 cm³/mol. The van der Waals surface area contributed by atoms with E-state index in [2.05, 4.69) is 23.7 Å². The maximum absolute atomic E-state index is 7.47. The van der Waals surface area contributed by atoms with Crippen molar-refractivity contribution in [3.8, 4) is 0 Å². The highest BCUT2D eigenvalue weighted by atomic mass is 15.2. The van der Waals surface area contributed by atoms with Crippen LogP contribution < -0.4 is 10.6 Å². The first-order valence-electron chi connectivity index (χ1n) is 6.15. The van der Waals surface area contributed by atoms with Crippen molar-refractivity contribution in [2.75, 3.05) is 11.4 Å². The van der Waals surface area contributed by atoms with Gasteiger partial charge in [0.2, 0.25) is 0 Å². The van der Waals surface area contributed by atoms with Crippen LogP contribution in [0.25, 0.3) is 0 Å². The highest BCUT2D eigenvalue weighted by Crippen LogP contribution is 2.31. The minimum absolute atomic E-state index is 0.106. The average Bonchev–Trinajstić information content (AvgIpc) is 3.09. The molecule has 1 aromatic rings. The van der Waals surface area contributed by atoms with Crippen LogP contribution in [0.2, 0.25) is 0 Å². The van der Waals surface area contributed by atoms with Crippen LogP contribution in [-0.4, -0.2) is 23.4 Å². The number of nitrogens with zero attached hydrogens (tertiary/aromatic N) is 2. The van der Waals surface area contributed by atoms with Gasteiger partial charge in [-0.2, -0.15) is 0 Å². The molecule has 0 saturated heterocycles. The van der Waals surface area contributed by atoms with Crippen molar-refractivity contribution in [1.29, 1.82) is 5.41 Å². The standard InChI is InChI=1S/C13H20N4/c1-9(2)8-17(11-3-4-11)12-7-10(13(14)15)5-6-16-12/h5-7,9,11H,3-4,8H2,1-2H3,(H3,14,15). The molecule has 0 aromatic carbocycles. The molecule has 1 aliphatic rings. The summed E-state index contributed by atoms with van der Waals surface area (Å²) in [6, 6.07) is 4.34. The topological polar surface area (TPSA) is 66.0 Å². The minimum Gasteiger partial charge on any atom is -0.384 e. The molecule has 1 aliphatic carbocycles. The van der Waals surface area contributed by atoms with Crippen LogP contribution in [0.3, 0.4) is 0 Å². The number of aromatic nitrogens is 1. The van der Waals surface area contributed by atoms with Gasteiger partial charge in [0.05, 0.1) is 0 Å². The zero-order valence-electron chi connectivity index (χ0n) is 10.5. The highest BCUT2D eigenvalue weighted by molar-refractivity contribution is 5.95. The Hall–Kier alpha value is -1.58. The van der Waals surface area contributed by atoms with E-state index in [1.807, 2.05) is 6.07 Å². The number of nitrogens with two attached hydrogens (primary N) is 1. The molecule has 4 nitrogen and oxygen atoms in total. The second-order valence-electron chi connectivity index (χ2n) is 5.09. The lowest BCUT2D eigenvalue weighted by Crippen LogP contribution is -2.30. The van der Waals surface area contributed by atoms with Gasteiger partial charge in [0.15, 0.2) is 0 Å². The van der Waals surface area contributed by atoms with Crippen molar-refractivity contribution in [1.82, 2.24) is 4.98 Å². The maximum atomic E-state index is 7.47. The smallest absolute Gasteiger partial charge is 0.129 e. The van der Waals surface area contributed by atoms with Crippen molar-refractivity contribution in [3.05, 3.63) is 23.9 Å². The molecule has 0 aliphatic heterocycles.